The summed E-state index contributed by atoms with van der Waals surface area (Å²) in [6.45, 7) is 4.40. The average Bonchev–Trinajstić information content (AvgIpc) is 3.07. The lowest BCUT2D eigenvalue weighted by Crippen LogP contribution is -2.09. The van der Waals surface area contributed by atoms with Gasteiger partial charge in [-0.15, -0.1) is 11.3 Å². The highest BCUT2D eigenvalue weighted by Crippen LogP contribution is 2.26. The molecule has 1 atom stereocenters. The molecule has 3 heterocycles. The van der Waals surface area contributed by atoms with Crippen molar-refractivity contribution in [2.75, 3.05) is 24.3 Å². The van der Waals surface area contributed by atoms with E-state index in [0.29, 0.717) is 11.9 Å². The summed E-state index contributed by atoms with van der Waals surface area (Å²) in [6, 6.07) is 4.11. The van der Waals surface area contributed by atoms with Gasteiger partial charge in [0.25, 0.3) is 0 Å². The van der Waals surface area contributed by atoms with Gasteiger partial charge in [0.05, 0.1) is 18.8 Å². The van der Waals surface area contributed by atoms with E-state index in [1.54, 1.807) is 11.3 Å². The first kappa shape index (κ1) is 13.3. The molecule has 3 rings (SSSR count). The summed E-state index contributed by atoms with van der Waals surface area (Å²) in [5.41, 5.74) is 8.08. The Morgan fingerprint density at radius 2 is 2.40 bits per heavy atom. The number of thiophene rings is 1. The number of aryl methyl sites for hydroxylation is 1. The van der Waals surface area contributed by atoms with Crippen molar-refractivity contribution in [1.29, 1.82) is 0 Å². The van der Waals surface area contributed by atoms with Crippen molar-refractivity contribution < 1.29 is 4.74 Å². The standard InChI is InChI=1S/C14H18N4OS/c1-9-3-5-20-12(9)7-16-13-6-11(17-14(15)18-13)10-2-4-19-8-10/h3,5-6,10H,2,4,7-8H2,1H3,(H3,15,16,17,18)/t10-/m0/s1. The summed E-state index contributed by atoms with van der Waals surface area (Å²) >= 11 is 1.75. The second kappa shape index (κ2) is 5.76. The highest BCUT2D eigenvalue weighted by Gasteiger charge is 2.20. The molecule has 3 N–H and O–H groups in total. The van der Waals surface area contributed by atoms with Crippen LogP contribution in [0.1, 0.15) is 28.5 Å². The number of nitrogens with one attached hydrogen (secondary N) is 1. The number of nitrogen functional groups attached to an aromatic ring is 1. The molecule has 2 aromatic heterocycles. The average molecular weight is 290 g/mol. The van der Waals surface area contributed by atoms with Crippen molar-refractivity contribution in [3.8, 4) is 0 Å². The molecule has 1 saturated heterocycles. The number of hydrogen-bond donors (Lipinski definition) is 2. The van der Waals surface area contributed by atoms with Gasteiger partial charge in [0.2, 0.25) is 5.95 Å². The zero-order chi connectivity index (χ0) is 13.9. The van der Waals surface area contributed by atoms with E-state index in [1.807, 2.05) is 6.07 Å². The second-order valence-corrected chi connectivity index (χ2v) is 5.98. The topological polar surface area (TPSA) is 73.1 Å². The van der Waals surface area contributed by atoms with Crippen LogP contribution >= 0.6 is 11.3 Å². The van der Waals surface area contributed by atoms with Gasteiger partial charge in [0, 0.05) is 23.5 Å². The molecule has 1 aliphatic rings. The van der Waals surface area contributed by atoms with Crippen molar-refractivity contribution in [2.45, 2.75) is 25.8 Å². The van der Waals surface area contributed by atoms with E-state index in [1.165, 1.54) is 10.4 Å². The Morgan fingerprint density at radius 3 is 3.10 bits per heavy atom. The van der Waals surface area contributed by atoms with Crippen molar-refractivity contribution in [1.82, 2.24) is 9.97 Å². The normalized spacial score (nSPS) is 18.4. The lowest BCUT2D eigenvalue weighted by molar-refractivity contribution is 0.193. The van der Waals surface area contributed by atoms with Crippen LogP contribution in [0.25, 0.3) is 0 Å². The molecule has 0 bridgehead atoms. The molecule has 106 valence electrons. The maximum absolute atomic E-state index is 5.81. The van der Waals surface area contributed by atoms with Crippen LogP contribution in [-0.2, 0) is 11.3 Å². The van der Waals surface area contributed by atoms with Gasteiger partial charge >= 0.3 is 0 Å². The number of ether oxygens (including phenoxy) is 1. The van der Waals surface area contributed by atoms with Crippen LogP contribution < -0.4 is 11.1 Å². The van der Waals surface area contributed by atoms with Crippen LogP contribution in [0.3, 0.4) is 0 Å². The second-order valence-electron chi connectivity index (χ2n) is 4.98. The summed E-state index contributed by atoms with van der Waals surface area (Å²) in [6.07, 6.45) is 1.000. The Hall–Kier alpha value is -1.66. The number of anilines is 2. The summed E-state index contributed by atoms with van der Waals surface area (Å²) in [5.74, 6) is 1.44. The predicted molar refractivity (Wildman–Crippen MR) is 81.0 cm³/mol. The Kier molecular flexibility index (Phi) is 3.84. The minimum Gasteiger partial charge on any atom is -0.381 e. The van der Waals surface area contributed by atoms with Gasteiger partial charge in [0.15, 0.2) is 0 Å². The molecule has 0 unspecified atom stereocenters. The molecular weight excluding hydrogens is 272 g/mol. The van der Waals surface area contributed by atoms with E-state index < -0.39 is 0 Å². The number of nitrogens with two attached hydrogens (primary N) is 1. The first-order chi connectivity index (χ1) is 9.72. The first-order valence-corrected chi connectivity index (χ1v) is 7.59. The highest BCUT2D eigenvalue weighted by atomic mass is 32.1. The minimum absolute atomic E-state index is 0.319. The fraction of sp³-hybridized carbons (Fsp3) is 0.429. The van der Waals surface area contributed by atoms with Gasteiger partial charge in [-0.3, -0.25) is 0 Å². The first-order valence-electron chi connectivity index (χ1n) is 6.71. The van der Waals surface area contributed by atoms with Crippen LogP contribution in [-0.4, -0.2) is 23.2 Å². The summed E-state index contributed by atoms with van der Waals surface area (Å²) < 4.78 is 5.41. The van der Waals surface area contributed by atoms with E-state index in [2.05, 4.69) is 33.7 Å². The molecule has 0 saturated carbocycles. The molecule has 0 amide bonds. The molecule has 1 aliphatic heterocycles. The molecule has 20 heavy (non-hydrogen) atoms. The Balaban J connectivity index is 1.74. The van der Waals surface area contributed by atoms with Crippen LogP contribution in [0, 0.1) is 6.92 Å². The van der Waals surface area contributed by atoms with E-state index in [0.717, 1.165) is 37.7 Å². The molecule has 0 radical (unpaired) electrons. The third kappa shape index (κ3) is 2.91. The number of hydrogen-bond acceptors (Lipinski definition) is 6. The SMILES string of the molecule is Cc1ccsc1CNc1cc([C@H]2CCOC2)nc(N)n1. The molecule has 5 nitrogen and oxygen atoms in total. The quantitative estimate of drug-likeness (QED) is 0.905. The predicted octanol–water partition coefficient (Wildman–Crippen LogP) is 2.54. The van der Waals surface area contributed by atoms with Crippen molar-refractivity contribution >= 4 is 23.1 Å². The Labute approximate surface area is 122 Å². The van der Waals surface area contributed by atoms with Gasteiger partial charge in [-0.2, -0.15) is 4.98 Å². The zero-order valence-corrected chi connectivity index (χ0v) is 12.2. The molecule has 1 fully saturated rings. The van der Waals surface area contributed by atoms with Gasteiger partial charge in [0.1, 0.15) is 5.82 Å². The smallest absolute Gasteiger partial charge is 0.222 e. The van der Waals surface area contributed by atoms with Gasteiger partial charge in [-0.05, 0) is 30.4 Å². The number of rotatable bonds is 4. The van der Waals surface area contributed by atoms with Crippen LogP contribution in [0.2, 0.25) is 0 Å². The molecule has 2 aromatic rings. The van der Waals surface area contributed by atoms with Gasteiger partial charge in [-0.25, -0.2) is 4.98 Å². The van der Waals surface area contributed by atoms with Crippen LogP contribution in [0.5, 0.6) is 0 Å². The number of aromatic nitrogens is 2. The van der Waals surface area contributed by atoms with Crippen molar-refractivity contribution in [3.05, 3.63) is 33.6 Å². The van der Waals surface area contributed by atoms with E-state index >= 15 is 0 Å². The fourth-order valence-corrected chi connectivity index (χ4v) is 3.15. The molecule has 0 aliphatic carbocycles. The maximum Gasteiger partial charge on any atom is 0.222 e. The summed E-state index contributed by atoms with van der Waals surface area (Å²) in [4.78, 5) is 9.89. The third-order valence-electron chi connectivity index (χ3n) is 3.51. The van der Waals surface area contributed by atoms with Gasteiger partial charge in [-0.1, -0.05) is 0 Å². The Bertz CT molecular complexity index is 593. The molecule has 0 aromatic carbocycles. The fourth-order valence-electron chi connectivity index (χ4n) is 2.31. The molecule has 0 spiro atoms. The minimum atomic E-state index is 0.319. The third-order valence-corrected chi connectivity index (χ3v) is 4.53. The Morgan fingerprint density at radius 1 is 1.50 bits per heavy atom. The summed E-state index contributed by atoms with van der Waals surface area (Å²) in [7, 11) is 0. The van der Waals surface area contributed by atoms with Gasteiger partial charge < -0.3 is 15.8 Å². The lowest BCUT2D eigenvalue weighted by Gasteiger charge is -2.11. The zero-order valence-electron chi connectivity index (χ0n) is 11.4. The molecule has 6 heteroatoms. The highest BCUT2D eigenvalue weighted by molar-refractivity contribution is 7.10. The molecular formula is C14H18N4OS. The largest absolute Gasteiger partial charge is 0.381 e. The monoisotopic (exact) mass is 290 g/mol. The van der Waals surface area contributed by atoms with E-state index in [-0.39, 0.29) is 0 Å². The summed E-state index contributed by atoms with van der Waals surface area (Å²) in [5, 5.41) is 5.43. The van der Waals surface area contributed by atoms with E-state index in [9.17, 15) is 0 Å². The van der Waals surface area contributed by atoms with E-state index in [4.69, 9.17) is 10.5 Å². The lowest BCUT2D eigenvalue weighted by atomic mass is 10.0. The van der Waals surface area contributed by atoms with Crippen molar-refractivity contribution in [2.24, 2.45) is 0 Å². The maximum atomic E-state index is 5.81. The van der Waals surface area contributed by atoms with Crippen LogP contribution in [0.4, 0.5) is 11.8 Å². The van der Waals surface area contributed by atoms with Crippen LogP contribution in [0.15, 0.2) is 17.5 Å². The van der Waals surface area contributed by atoms with Crippen molar-refractivity contribution in [3.63, 3.8) is 0 Å². The number of nitrogens with zero attached hydrogens (tertiary/aromatic N) is 2.